The van der Waals surface area contributed by atoms with Gasteiger partial charge in [0.15, 0.2) is 17.3 Å². The molecule has 0 saturated heterocycles. The van der Waals surface area contributed by atoms with Crippen LogP contribution in [-0.4, -0.2) is 22.4 Å². The minimum Gasteiger partial charge on any atom is -0.493 e. The number of nitrogens with one attached hydrogen (secondary N) is 1. The number of hydrogen-bond donors (Lipinski definition) is 1. The van der Waals surface area contributed by atoms with Gasteiger partial charge in [-0.15, -0.1) is 0 Å². The first-order valence-corrected chi connectivity index (χ1v) is 10.0. The summed E-state index contributed by atoms with van der Waals surface area (Å²) in [5.74, 6) is 1.99. The zero-order chi connectivity index (χ0) is 20.8. The van der Waals surface area contributed by atoms with E-state index < -0.39 is 0 Å². The molecule has 152 valence electrons. The Morgan fingerprint density at radius 1 is 1.10 bits per heavy atom. The molecule has 0 aliphatic rings. The second kappa shape index (κ2) is 9.23. The van der Waals surface area contributed by atoms with Crippen LogP contribution in [0.25, 0.3) is 0 Å². The normalized spacial score (nSPS) is 10.6. The highest BCUT2D eigenvalue weighted by molar-refractivity contribution is 7.07. The molecule has 7 nitrogen and oxygen atoms in total. The number of nitrogens with zero attached hydrogens (tertiary/aromatic N) is 2. The summed E-state index contributed by atoms with van der Waals surface area (Å²) in [5.41, 5.74) is 1.56. The van der Waals surface area contributed by atoms with Crippen LogP contribution in [0.5, 0.6) is 16.7 Å². The first-order chi connectivity index (χ1) is 14.7. The van der Waals surface area contributed by atoms with E-state index in [2.05, 4.69) is 14.7 Å². The van der Waals surface area contributed by atoms with E-state index in [9.17, 15) is 4.79 Å². The Labute approximate surface area is 177 Å². The van der Waals surface area contributed by atoms with Crippen molar-refractivity contribution in [2.45, 2.75) is 13.0 Å². The summed E-state index contributed by atoms with van der Waals surface area (Å²) >= 11 is 1.15. The lowest BCUT2D eigenvalue weighted by atomic mass is 10.1. The van der Waals surface area contributed by atoms with Crippen LogP contribution in [0.2, 0.25) is 0 Å². The average Bonchev–Trinajstić information content (AvgIpc) is 3.45. The number of ether oxygens (including phenoxy) is 2. The number of aromatic nitrogens is 2. The zero-order valence-corrected chi connectivity index (χ0v) is 17.0. The molecular formula is C22H19N3O4S. The van der Waals surface area contributed by atoms with Gasteiger partial charge in [-0.3, -0.25) is 4.79 Å². The Bertz CT molecular complexity index is 1110. The predicted octanol–water partition coefficient (Wildman–Crippen LogP) is 4.45. The van der Waals surface area contributed by atoms with Crippen LogP contribution in [0.1, 0.15) is 27.5 Å². The molecule has 30 heavy (non-hydrogen) atoms. The van der Waals surface area contributed by atoms with Crippen LogP contribution in [0.3, 0.4) is 0 Å². The van der Waals surface area contributed by atoms with Crippen molar-refractivity contribution in [3.8, 4) is 16.7 Å². The van der Waals surface area contributed by atoms with Crippen molar-refractivity contribution < 1.29 is 18.7 Å². The molecule has 1 amide bonds. The molecule has 4 aromatic rings. The van der Waals surface area contributed by atoms with Crippen LogP contribution in [0.4, 0.5) is 0 Å². The number of furan rings is 1. The van der Waals surface area contributed by atoms with Crippen molar-refractivity contribution in [3.05, 3.63) is 89.6 Å². The Morgan fingerprint density at radius 3 is 2.73 bits per heavy atom. The first-order valence-electron chi connectivity index (χ1n) is 9.24. The maximum Gasteiger partial charge on any atom is 0.298 e. The van der Waals surface area contributed by atoms with E-state index >= 15 is 0 Å². The van der Waals surface area contributed by atoms with E-state index in [0.29, 0.717) is 46.8 Å². The molecule has 0 spiro atoms. The summed E-state index contributed by atoms with van der Waals surface area (Å²) < 4.78 is 20.8. The molecule has 4 rings (SSSR count). The monoisotopic (exact) mass is 421 g/mol. The van der Waals surface area contributed by atoms with Gasteiger partial charge in [-0.25, -0.2) is 0 Å². The largest absolute Gasteiger partial charge is 0.493 e. The summed E-state index contributed by atoms with van der Waals surface area (Å²) in [7, 11) is 1.54. The zero-order valence-electron chi connectivity index (χ0n) is 16.2. The van der Waals surface area contributed by atoms with Crippen LogP contribution < -0.4 is 14.8 Å². The van der Waals surface area contributed by atoms with E-state index in [1.54, 1.807) is 43.7 Å². The fourth-order valence-corrected chi connectivity index (χ4v) is 3.37. The van der Waals surface area contributed by atoms with Crippen molar-refractivity contribution >= 4 is 17.4 Å². The maximum absolute atomic E-state index is 12.5. The second-order valence-electron chi connectivity index (χ2n) is 6.37. The minimum atomic E-state index is -0.249. The Balaban J connectivity index is 1.46. The number of amides is 1. The SMILES string of the molecule is COc1ccc(C(=O)NCc2ccco2)cc1Oc1nc(Cc2ccccc2)ns1. The van der Waals surface area contributed by atoms with Gasteiger partial charge >= 0.3 is 0 Å². The summed E-state index contributed by atoms with van der Waals surface area (Å²) in [6.07, 6.45) is 2.18. The van der Waals surface area contributed by atoms with Crippen molar-refractivity contribution in [3.63, 3.8) is 0 Å². The number of methoxy groups -OCH3 is 1. The number of rotatable bonds is 8. The molecule has 0 radical (unpaired) electrons. The van der Waals surface area contributed by atoms with Gasteiger partial charge in [0.05, 0.1) is 19.9 Å². The topological polar surface area (TPSA) is 86.5 Å². The molecule has 2 heterocycles. The fourth-order valence-electron chi connectivity index (χ4n) is 2.80. The standard InChI is InChI=1S/C22H19N3O4S/c1-27-18-10-9-16(21(26)23-14-17-8-5-11-28-17)13-19(18)29-22-24-20(25-30-22)12-15-6-3-2-4-7-15/h2-11,13H,12,14H2,1H3,(H,23,26). The molecule has 1 N–H and O–H groups in total. The van der Waals surface area contributed by atoms with Crippen molar-refractivity contribution in [1.82, 2.24) is 14.7 Å². The number of hydrogen-bond acceptors (Lipinski definition) is 7. The van der Waals surface area contributed by atoms with E-state index in [-0.39, 0.29) is 5.91 Å². The third kappa shape index (κ3) is 4.84. The van der Waals surface area contributed by atoms with Gasteiger partial charge in [-0.2, -0.15) is 9.36 Å². The van der Waals surface area contributed by atoms with Gasteiger partial charge in [0.1, 0.15) is 5.76 Å². The van der Waals surface area contributed by atoms with E-state index in [1.165, 1.54) is 0 Å². The van der Waals surface area contributed by atoms with E-state index in [1.807, 2.05) is 30.3 Å². The fraction of sp³-hybridized carbons (Fsp3) is 0.136. The highest BCUT2D eigenvalue weighted by Crippen LogP contribution is 2.33. The third-order valence-corrected chi connectivity index (χ3v) is 4.91. The molecule has 0 fully saturated rings. The summed E-state index contributed by atoms with van der Waals surface area (Å²) in [4.78, 5) is 16.9. The molecule has 0 saturated carbocycles. The Morgan fingerprint density at radius 2 is 1.97 bits per heavy atom. The quantitative estimate of drug-likeness (QED) is 0.452. The molecule has 0 aliphatic carbocycles. The molecule has 2 aromatic carbocycles. The number of carbonyl (C=O) groups excluding carboxylic acids is 1. The van der Waals surface area contributed by atoms with Crippen LogP contribution >= 0.6 is 11.5 Å². The molecule has 0 bridgehead atoms. The number of benzene rings is 2. The highest BCUT2D eigenvalue weighted by Gasteiger charge is 2.15. The third-order valence-electron chi connectivity index (χ3n) is 4.28. The van der Waals surface area contributed by atoms with Gasteiger partial charge < -0.3 is 19.2 Å². The lowest BCUT2D eigenvalue weighted by Crippen LogP contribution is -2.22. The lowest BCUT2D eigenvalue weighted by Gasteiger charge is -2.10. The van der Waals surface area contributed by atoms with Gasteiger partial charge in [-0.1, -0.05) is 30.3 Å². The smallest absolute Gasteiger partial charge is 0.298 e. The van der Waals surface area contributed by atoms with Crippen LogP contribution in [0.15, 0.2) is 71.3 Å². The summed E-state index contributed by atoms with van der Waals surface area (Å²) in [6.45, 7) is 0.299. The van der Waals surface area contributed by atoms with Crippen LogP contribution in [-0.2, 0) is 13.0 Å². The molecule has 0 atom stereocenters. The maximum atomic E-state index is 12.5. The minimum absolute atomic E-state index is 0.249. The summed E-state index contributed by atoms with van der Waals surface area (Å²) in [6, 6.07) is 18.5. The lowest BCUT2D eigenvalue weighted by molar-refractivity contribution is 0.0947. The van der Waals surface area contributed by atoms with Gasteiger partial charge in [-0.05, 0) is 35.9 Å². The second-order valence-corrected chi connectivity index (χ2v) is 7.08. The highest BCUT2D eigenvalue weighted by atomic mass is 32.1. The number of carbonyl (C=O) groups is 1. The molecule has 2 aromatic heterocycles. The summed E-state index contributed by atoms with van der Waals surface area (Å²) in [5, 5.41) is 3.19. The molecule has 8 heteroatoms. The van der Waals surface area contributed by atoms with E-state index in [4.69, 9.17) is 13.9 Å². The van der Waals surface area contributed by atoms with Crippen molar-refractivity contribution in [2.75, 3.05) is 7.11 Å². The van der Waals surface area contributed by atoms with Crippen molar-refractivity contribution in [1.29, 1.82) is 0 Å². The molecule has 0 aliphatic heterocycles. The molecule has 0 unspecified atom stereocenters. The van der Waals surface area contributed by atoms with Crippen LogP contribution in [0, 0.1) is 0 Å². The Kier molecular flexibility index (Phi) is 6.05. The van der Waals surface area contributed by atoms with E-state index in [0.717, 1.165) is 17.1 Å². The Hall–Kier alpha value is -3.65. The average molecular weight is 421 g/mol. The van der Waals surface area contributed by atoms with Gasteiger partial charge in [0.25, 0.3) is 11.1 Å². The molecular weight excluding hydrogens is 402 g/mol. The predicted molar refractivity (Wildman–Crippen MR) is 112 cm³/mol. The van der Waals surface area contributed by atoms with Gasteiger partial charge in [0.2, 0.25) is 0 Å². The van der Waals surface area contributed by atoms with Gasteiger partial charge in [0, 0.05) is 23.5 Å². The van der Waals surface area contributed by atoms with Crippen molar-refractivity contribution in [2.24, 2.45) is 0 Å². The first kappa shape index (κ1) is 19.7.